The van der Waals surface area contributed by atoms with Crippen LogP contribution in [0.3, 0.4) is 0 Å². The molecule has 0 bridgehead atoms. The fraction of sp³-hybridized carbons (Fsp3) is 0.562. The highest BCUT2D eigenvalue weighted by atomic mass is 32.2. The van der Waals surface area contributed by atoms with Crippen LogP contribution in [0.1, 0.15) is 46.6 Å². The molecule has 0 aliphatic carbocycles. The maximum Gasteiger partial charge on any atom is 0.161 e. The van der Waals surface area contributed by atoms with Crippen molar-refractivity contribution in [2.45, 2.75) is 57.7 Å². The highest BCUT2D eigenvalue weighted by molar-refractivity contribution is 8.14. The molecule has 2 nitrogen and oxygen atoms in total. The smallest absolute Gasteiger partial charge is 0.161 e. The molecule has 0 amide bonds. The minimum Gasteiger partial charge on any atom is -0.335 e. The number of rotatable bonds is 1. The van der Waals surface area contributed by atoms with Crippen molar-refractivity contribution in [2.24, 2.45) is 4.99 Å². The topological polar surface area (TPSA) is 24.4 Å². The predicted molar refractivity (Wildman–Crippen MR) is 87.3 cm³/mol. The number of anilines is 1. The van der Waals surface area contributed by atoms with E-state index in [1.807, 2.05) is 11.8 Å². The highest BCUT2D eigenvalue weighted by Crippen LogP contribution is 2.27. The molecular weight excluding hydrogens is 252 g/mol. The summed E-state index contributed by atoms with van der Waals surface area (Å²) in [5.74, 6) is 0. The molecule has 0 saturated heterocycles. The van der Waals surface area contributed by atoms with Gasteiger partial charge >= 0.3 is 0 Å². The van der Waals surface area contributed by atoms with Gasteiger partial charge in [0.1, 0.15) is 0 Å². The molecule has 2 rings (SSSR count). The summed E-state index contributed by atoms with van der Waals surface area (Å²) < 4.78 is 0. The zero-order valence-corrected chi connectivity index (χ0v) is 13.3. The summed E-state index contributed by atoms with van der Waals surface area (Å²) in [6, 6.07) is 9.11. The fourth-order valence-corrected chi connectivity index (χ4v) is 3.41. The summed E-state index contributed by atoms with van der Waals surface area (Å²) in [5, 5.41) is 5.13. The first kappa shape index (κ1) is 14.4. The molecule has 1 aliphatic rings. The van der Waals surface area contributed by atoms with Gasteiger partial charge in [-0.1, -0.05) is 51.6 Å². The van der Waals surface area contributed by atoms with Crippen LogP contribution in [-0.4, -0.2) is 16.5 Å². The van der Waals surface area contributed by atoms with Gasteiger partial charge < -0.3 is 5.32 Å². The van der Waals surface area contributed by atoms with Crippen LogP contribution in [0.15, 0.2) is 29.3 Å². The van der Waals surface area contributed by atoms with Gasteiger partial charge in [-0.15, -0.1) is 0 Å². The molecule has 1 N–H and O–H groups in total. The lowest BCUT2D eigenvalue weighted by Gasteiger charge is -2.23. The lowest BCUT2D eigenvalue weighted by atomic mass is 9.87. The first-order valence-electron chi connectivity index (χ1n) is 6.96. The second-order valence-corrected chi connectivity index (χ2v) is 7.83. The first-order valence-corrected chi connectivity index (χ1v) is 7.84. The maximum atomic E-state index is 4.67. The molecule has 0 aromatic heterocycles. The molecule has 0 spiro atoms. The monoisotopic (exact) mass is 276 g/mol. The Kier molecular flexibility index (Phi) is 4.24. The Balaban J connectivity index is 2.08. The average molecular weight is 276 g/mol. The van der Waals surface area contributed by atoms with Crippen LogP contribution in [-0.2, 0) is 5.41 Å². The standard InChI is InChI=1S/C16H24N2S/c1-11-10-12(2)19-15(17-11)18-14-8-6-13(7-9-14)16(3,4)5/h6-9,11-12H,10H2,1-5H3,(H,17,18). The molecule has 0 radical (unpaired) electrons. The zero-order chi connectivity index (χ0) is 14.0. The summed E-state index contributed by atoms with van der Waals surface area (Å²) in [6.07, 6.45) is 1.17. The molecule has 3 heteroatoms. The van der Waals surface area contributed by atoms with Crippen LogP contribution in [0, 0.1) is 0 Å². The molecule has 19 heavy (non-hydrogen) atoms. The SMILES string of the molecule is CC1CC(C)SC(Nc2ccc(C(C)(C)C)cc2)=N1. The van der Waals surface area contributed by atoms with E-state index in [-0.39, 0.29) is 5.41 Å². The van der Waals surface area contributed by atoms with Gasteiger partial charge in [-0.3, -0.25) is 4.99 Å². The minimum atomic E-state index is 0.207. The van der Waals surface area contributed by atoms with Crippen LogP contribution >= 0.6 is 11.8 Å². The summed E-state index contributed by atoms with van der Waals surface area (Å²) >= 11 is 1.83. The van der Waals surface area contributed by atoms with Gasteiger partial charge in [-0.05, 0) is 36.5 Å². The third kappa shape index (κ3) is 4.00. The van der Waals surface area contributed by atoms with Gasteiger partial charge in [-0.25, -0.2) is 0 Å². The molecule has 1 heterocycles. The van der Waals surface area contributed by atoms with Crippen molar-refractivity contribution in [3.63, 3.8) is 0 Å². The molecule has 1 aromatic carbocycles. The van der Waals surface area contributed by atoms with Crippen molar-refractivity contribution in [3.8, 4) is 0 Å². The van der Waals surface area contributed by atoms with Gasteiger partial charge in [0.05, 0.1) is 6.04 Å². The van der Waals surface area contributed by atoms with E-state index in [4.69, 9.17) is 0 Å². The van der Waals surface area contributed by atoms with E-state index in [9.17, 15) is 0 Å². The third-order valence-corrected chi connectivity index (χ3v) is 4.35. The maximum absolute atomic E-state index is 4.67. The Bertz CT molecular complexity index is 457. The van der Waals surface area contributed by atoms with Crippen molar-refractivity contribution in [3.05, 3.63) is 29.8 Å². The van der Waals surface area contributed by atoms with E-state index in [0.29, 0.717) is 11.3 Å². The van der Waals surface area contributed by atoms with E-state index in [0.717, 1.165) is 10.9 Å². The predicted octanol–water partition coefficient (Wildman–Crippen LogP) is 4.67. The average Bonchev–Trinajstić information content (AvgIpc) is 2.26. The Morgan fingerprint density at radius 2 is 1.79 bits per heavy atom. The van der Waals surface area contributed by atoms with E-state index in [2.05, 4.69) is 69.2 Å². The van der Waals surface area contributed by atoms with E-state index in [1.165, 1.54) is 12.0 Å². The molecule has 1 aliphatic heterocycles. The molecule has 0 fully saturated rings. The molecule has 104 valence electrons. The van der Waals surface area contributed by atoms with Crippen LogP contribution in [0.25, 0.3) is 0 Å². The van der Waals surface area contributed by atoms with Crippen molar-refractivity contribution in [2.75, 3.05) is 5.32 Å². The summed E-state index contributed by atoms with van der Waals surface area (Å²) in [5.41, 5.74) is 2.69. The number of thioether (sulfide) groups is 1. The number of aliphatic imine (C=N–C) groups is 1. The number of hydrogen-bond acceptors (Lipinski definition) is 3. The zero-order valence-electron chi connectivity index (χ0n) is 12.5. The Morgan fingerprint density at radius 3 is 2.32 bits per heavy atom. The summed E-state index contributed by atoms with van der Waals surface area (Å²) in [6.45, 7) is 11.2. The Morgan fingerprint density at radius 1 is 1.16 bits per heavy atom. The van der Waals surface area contributed by atoms with Crippen molar-refractivity contribution >= 4 is 22.6 Å². The normalized spacial score (nSPS) is 23.9. The number of benzene rings is 1. The minimum absolute atomic E-state index is 0.207. The van der Waals surface area contributed by atoms with Crippen LogP contribution in [0.4, 0.5) is 5.69 Å². The Hall–Kier alpha value is -0.960. The summed E-state index contributed by atoms with van der Waals surface area (Å²) in [4.78, 5) is 4.67. The van der Waals surface area contributed by atoms with Gasteiger partial charge in [-0.2, -0.15) is 0 Å². The molecule has 0 saturated carbocycles. The number of amidine groups is 1. The molecule has 1 aromatic rings. The van der Waals surface area contributed by atoms with Gasteiger partial charge in [0.2, 0.25) is 0 Å². The first-order chi connectivity index (χ1) is 8.84. The van der Waals surface area contributed by atoms with Gasteiger partial charge in [0.15, 0.2) is 5.17 Å². The lowest BCUT2D eigenvalue weighted by Crippen LogP contribution is -2.22. The van der Waals surface area contributed by atoms with Gasteiger partial charge in [0.25, 0.3) is 0 Å². The largest absolute Gasteiger partial charge is 0.335 e. The van der Waals surface area contributed by atoms with E-state index < -0.39 is 0 Å². The van der Waals surface area contributed by atoms with E-state index >= 15 is 0 Å². The highest BCUT2D eigenvalue weighted by Gasteiger charge is 2.18. The molecule has 2 unspecified atom stereocenters. The molecular formula is C16H24N2S. The van der Waals surface area contributed by atoms with Crippen LogP contribution in [0.5, 0.6) is 0 Å². The quantitative estimate of drug-likeness (QED) is 0.806. The molecule has 2 atom stereocenters. The Labute approximate surface area is 121 Å². The van der Waals surface area contributed by atoms with Crippen LogP contribution in [0.2, 0.25) is 0 Å². The third-order valence-electron chi connectivity index (χ3n) is 3.33. The lowest BCUT2D eigenvalue weighted by molar-refractivity contribution is 0.590. The second kappa shape index (κ2) is 5.58. The van der Waals surface area contributed by atoms with Crippen molar-refractivity contribution in [1.82, 2.24) is 0 Å². The summed E-state index contributed by atoms with van der Waals surface area (Å²) in [7, 11) is 0. The fourth-order valence-electron chi connectivity index (χ4n) is 2.24. The number of nitrogens with one attached hydrogen (secondary N) is 1. The number of nitrogens with zero attached hydrogens (tertiary/aromatic N) is 1. The van der Waals surface area contributed by atoms with Crippen molar-refractivity contribution in [1.29, 1.82) is 0 Å². The van der Waals surface area contributed by atoms with E-state index in [1.54, 1.807) is 0 Å². The number of hydrogen-bond donors (Lipinski definition) is 1. The van der Waals surface area contributed by atoms with Gasteiger partial charge in [0, 0.05) is 10.9 Å². The van der Waals surface area contributed by atoms with Crippen molar-refractivity contribution < 1.29 is 0 Å². The van der Waals surface area contributed by atoms with Crippen LogP contribution < -0.4 is 5.32 Å². The second-order valence-electron chi connectivity index (χ2n) is 6.40.